The van der Waals surface area contributed by atoms with Gasteiger partial charge in [0.2, 0.25) is 0 Å². The lowest BCUT2D eigenvalue weighted by Crippen LogP contribution is -2.61. The van der Waals surface area contributed by atoms with Crippen molar-refractivity contribution in [3.8, 4) is 0 Å². The maximum atomic E-state index is 12.2. The number of hydrogen-bond acceptors (Lipinski definition) is 6. The first-order valence-corrected chi connectivity index (χ1v) is 24.0. The Balaban J connectivity index is 0.000000521. The number of hydrogen-bond donors (Lipinski definition) is 0. The Bertz CT molecular complexity index is 1670. The van der Waals surface area contributed by atoms with Crippen molar-refractivity contribution in [2.45, 2.75) is 136 Å². The highest BCUT2D eigenvalue weighted by atomic mass is 35.9. The monoisotopic (exact) mass is 832 g/mol. The van der Waals surface area contributed by atoms with Crippen molar-refractivity contribution in [1.82, 2.24) is 0 Å². The van der Waals surface area contributed by atoms with Gasteiger partial charge in [-0.1, -0.05) is 84.1 Å². The Morgan fingerprint density at radius 2 is 0.944 bits per heavy atom. The SMILES string of the molecule is C.C.CC(=O)c1ccc[n+](C2(C)C[C@](C)(COP(=O)(Cl)Cl)C(C)(C)C2(C)C)c1.CC(=O)c1ccc[n+](C2(C)C[C@](C)(COP(C)(C)=O)C(C)(C)C2(C)C)c1. The van der Waals surface area contributed by atoms with Crippen LogP contribution in [-0.4, -0.2) is 38.1 Å². The first-order chi connectivity index (χ1) is 23.1. The van der Waals surface area contributed by atoms with Gasteiger partial charge in [0.1, 0.15) is 0 Å². The Kier molecular flexibility index (Phi) is 15.1. The summed E-state index contributed by atoms with van der Waals surface area (Å²) in [5.74, 6) is 0.108. The minimum atomic E-state index is -3.60. The zero-order valence-corrected chi connectivity index (χ0v) is 37.7. The van der Waals surface area contributed by atoms with E-state index in [1.54, 1.807) is 27.2 Å². The van der Waals surface area contributed by atoms with Crippen LogP contribution in [0.2, 0.25) is 0 Å². The maximum absolute atomic E-state index is 12.2. The van der Waals surface area contributed by atoms with Crippen molar-refractivity contribution in [2.75, 3.05) is 26.5 Å². The van der Waals surface area contributed by atoms with E-state index in [9.17, 15) is 18.7 Å². The number of carbonyl (C=O) groups is 2. The molecule has 0 N–H and O–H groups in total. The van der Waals surface area contributed by atoms with E-state index in [1.807, 2.05) is 42.9 Å². The van der Waals surface area contributed by atoms with Crippen molar-refractivity contribution >= 4 is 47.5 Å². The highest BCUT2D eigenvalue weighted by Gasteiger charge is 2.72. The third-order valence-electron chi connectivity index (χ3n) is 15.1. The maximum Gasteiger partial charge on any atom is 0.380 e. The van der Waals surface area contributed by atoms with E-state index in [0.717, 1.165) is 18.4 Å². The van der Waals surface area contributed by atoms with Crippen LogP contribution in [0.15, 0.2) is 49.1 Å². The van der Waals surface area contributed by atoms with Gasteiger partial charge in [0.15, 0.2) is 54.8 Å². The first-order valence-electron chi connectivity index (χ1n) is 18.0. The topological polar surface area (TPSA) is 94.5 Å². The fourth-order valence-electron chi connectivity index (χ4n) is 9.05. The molecule has 4 rings (SSSR count). The number of halogens is 2. The highest BCUT2D eigenvalue weighted by molar-refractivity contribution is 8.05. The van der Waals surface area contributed by atoms with Crippen LogP contribution in [-0.2, 0) is 29.3 Å². The van der Waals surface area contributed by atoms with E-state index in [2.05, 4.69) is 98.4 Å². The number of pyridine rings is 2. The Labute approximate surface area is 338 Å². The standard InChI is InChI=1S/C21H35NO3P.C19H29Cl2NO3P.2CH4/c1-16(23)17-11-10-12-22(13-17)21(7)14-20(6,15-25-26(8,9)24)18(2,3)19(21,4)5;1-14(23)15-9-8-10-22(11-15)19(7)12-18(6,13-25-26(20,21)24)16(2,3)17(19,4)5;;/h10-13H,14-15H2,1-9H3;8-11H,12-13H2,1-7H3;2*1H4/q2*+1;;/t20-,21?;18-,19?;;/m11../s1. The second kappa shape index (κ2) is 16.1. The normalized spacial score (nSPS) is 29.2. The largest absolute Gasteiger partial charge is 0.380 e. The van der Waals surface area contributed by atoms with Crippen molar-refractivity contribution in [1.29, 1.82) is 0 Å². The van der Waals surface area contributed by atoms with Crippen LogP contribution in [0.5, 0.6) is 0 Å². The third-order valence-corrected chi connectivity index (χ3v) is 16.9. The predicted molar refractivity (Wildman–Crippen MR) is 225 cm³/mol. The molecule has 0 amide bonds. The van der Waals surface area contributed by atoms with Gasteiger partial charge in [0.05, 0.1) is 24.3 Å². The van der Waals surface area contributed by atoms with Crippen LogP contribution in [0.25, 0.3) is 0 Å². The molecule has 2 unspecified atom stereocenters. The number of rotatable bonds is 10. The molecule has 2 heterocycles. The molecule has 0 saturated heterocycles. The Hall–Kier alpha value is -1.40. The molecule has 12 heteroatoms. The van der Waals surface area contributed by atoms with Gasteiger partial charge in [-0.05, 0) is 59.3 Å². The molecule has 0 aliphatic heterocycles. The summed E-state index contributed by atoms with van der Waals surface area (Å²) in [5, 5.41) is 0. The van der Waals surface area contributed by atoms with Crippen LogP contribution in [0.4, 0.5) is 0 Å². The Morgan fingerprint density at radius 3 is 1.22 bits per heavy atom. The van der Waals surface area contributed by atoms with Gasteiger partial charge < -0.3 is 9.05 Å². The second-order valence-corrected chi connectivity index (χ2v) is 25.9. The molecular weight excluding hydrogens is 761 g/mol. The summed E-state index contributed by atoms with van der Waals surface area (Å²) >= 11 is 11.3. The summed E-state index contributed by atoms with van der Waals surface area (Å²) in [5.41, 5.74) is -0.0496. The van der Waals surface area contributed by atoms with Gasteiger partial charge in [0, 0.05) is 73.8 Å². The highest BCUT2D eigenvalue weighted by Crippen LogP contribution is 2.70. The average Bonchev–Trinajstić information content (AvgIpc) is 3.20. The molecular formula is C42H72Cl2N2O6P2+2. The van der Waals surface area contributed by atoms with Crippen molar-refractivity contribution in [3.05, 3.63) is 60.2 Å². The molecule has 54 heavy (non-hydrogen) atoms. The van der Waals surface area contributed by atoms with Gasteiger partial charge in [0.25, 0.3) is 0 Å². The van der Waals surface area contributed by atoms with E-state index < -0.39 is 13.4 Å². The minimum Gasteiger partial charge on any atom is -0.328 e. The van der Waals surface area contributed by atoms with E-state index in [1.165, 1.54) is 0 Å². The van der Waals surface area contributed by atoms with Crippen molar-refractivity contribution in [3.63, 3.8) is 0 Å². The third kappa shape index (κ3) is 8.85. The number of nitrogens with zero attached hydrogens (tertiary/aromatic N) is 2. The lowest BCUT2D eigenvalue weighted by molar-refractivity contribution is -0.775. The molecule has 2 aromatic rings. The molecule has 2 aliphatic rings. The first kappa shape index (κ1) is 50.6. The van der Waals surface area contributed by atoms with Crippen molar-refractivity contribution in [2.24, 2.45) is 32.5 Å². The average molecular weight is 834 g/mol. The molecule has 0 spiro atoms. The van der Waals surface area contributed by atoms with Gasteiger partial charge in [-0.25, -0.2) is 0 Å². The van der Waals surface area contributed by atoms with E-state index in [0.29, 0.717) is 12.2 Å². The van der Waals surface area contributed by atoms with Gasteiger partial charge in [-0.2, -0.15) is 9.13 Å². The fourth-order valence-corrected chi connectivity index (χ4v) is 10.4. The summed E-state index contributed by atoms with van der Waals surface area (Å²) in [4.78, 5) is 23.7. The summed E-state index contributed by atoms with van der Waals surface area (Å²) in [6.45, 7) is 34.0. The minimum absolute atomic E-state index is 0. The quantitative estimate of drug-likeness (QED) is 0.134. The number of carbonyl (C=O) groups excluding carboxylic acids is 2. The molecule has 2 saturated carbocycles. The molecule has 308 valence electrons. The molecule has 2 aromatic heterocycles. The van der Waals surface area contributed by atoms with E-state index in [-0.39, 0.29) is 76.6 Å². The van der Waals surface area contributed by atoms with Crippen LogP contribution < -0.4 is 9.13 Å². The number of aromatic nitrogens is 2. The number of Topliss-reactive ketones (excluding diaryl/α,β-unsaturated/α-hetero) is 2. The fraction of sp³-hybridized carbons (Fsp3) is 0.714. The number of ketones is 2. The molecule has 8 nitrogen and oxygen atoms in total. The summed E-state index contributed by atoms with van der Waals surface area (Å²) < 4.78 is 39.4. The Morgan fingerprint density at radius 1 is 0.630 bits per heavy atom. The molecule has 4 atom stereocenters. The van der Waals surface area contributed by atoms with Crippen molar-refractivity contribution < 1.29 is 36.9 Å². The lowest BCUT2D eigenvalue weighted by Gasteiger charge is -2.46. The zero-order valence-electron chi connectivity index (χ0n) is 34.4. The molecule has 2 fully saturated rings. The molecule has 2 aliphatic carbocycles. The van der Waals surface area contributed by atoms with E-state index in [4.69, 9.17) is 31.5 Å². The van der Waals surface area contributed by atoms with Crippen LogP contribution in [0, 0.1) is 32.5 Å². The van der Waals surface area contributed by atoms with Crippen LogP contribution in [0.1, 0.15) is 145 Å². The van der Waals surface area contributed by atoms with E-state index >= 15 is 0 Å². The van der Waals surface area contributed by atoms with Crippen LogP contribution in [0.3, 0.4) is 0 Å². The zero-order chi connectivity index (χ0) is 40.4. The molecule has 0 aromatic carbocycles. The lowest BCUT2D eigenvalue weighted by atomic mass is 9.58. The van der Waals surface area contributed by atoms with Crippen LogP contribution >= 0.6 is 35.9 Å². The van der Waals surface area contributed by atoms with Gasteiger partial charge in [-0.15, -0.1) is 0 Å². The van der Waals surface area contributed by atoms with Gasteiger partial charge in [-0.3, -0.25) is 18.7 Å². The summed E-state index contributed by atoms with van der Waals surface area (Å²) in [6, 6.07) is 7.54. The molecule has 0 bridgehead atoms. The summed E-state index contributed by atoms with van der Waals surface area (Å²) in [7, 11) is -2.55. The van der Waals surface area contributed by atoms with Gasteiger partial charge >= 0.3 is 6.07 Å². The predicted octanol–water partition coefficient (Wildman–Crippen LogP) is 12.1. The summed E-state index contributed by atoms with van der Waals surface area (Å²) in [6.07, 6.45) is 5.99. The second-order valence-electron chi connectivity index (χ2n) is 18.8. The molecule has 0 radical (unpaired) electrons. The smallest absolute Gasteiger partial charge is 0.328 e.